The van der Waals surface area contributed by atoms with Gasteiger partial charge in [0.25, 0.3) is 5.91 Å². The monoisotopic (exact) mass is 381 g/mol. The number of halogens is 1. The van der Waals surface area contributed by atoms with E-state index in [1.54, 1.807) is 61.7 Å². The summed E-state index contributed by atoms with van der Waals surface area (Å²) in [5.74, 6) is 0.874. The second kappa shape index (κ2) is 8.90. The fraction of sp³-hybridized carbons (Fsp3) is 0.136. The van der Waals surface area contributed by atoms with Crippen LogP contribution in [0.3, 0.4) is 0 Å². The Morgan fingerprint density at radius 3 is 2.39 bits per heavy atom. The first-order valence-electron chi connectivity index (χ1n) is 8.60. The van der Waals surface area contributed by atoms with Crippen LogP contribution in [0.15, 0.2) is 66.7 Å². The van der Waals surface area contributed by atoms with Crippen LogP contribution in [-0.2, 0) is 6.61 Å². The molecule has 0 radical (unpaired) electrons. The second-order valence-corrected chi connectivity index (χ2v) is 5.93. The topological polar surface area (TPSA) is 56.8 Å². The molecule has 1 amide bonds. The van der Waals surface area contributed by atoms with Gasteiger partial charge in [-0.05, 0) is 42.0 Å². The average Bonchev–Trinajstić information content (AvgIpc) is 2.73. The summed E-state index contributed by atoms with van der Waals surface area (Å²) in [6.45, 7) is 0.215. The molecule has 0 bridgehead atoms. The number of para-hydroxylation sites is 1. The molecule has 0 atom stereocenters. The predicted molar refractivity (Wildman–Crippen MR) is 105 cm³/mol. The second-order valence-electron chi connectivity index (χ2n) is 5.93. The van der Waals surface area contributed by atoms with Gasteiger partial charge in [0.2, 0.25) is 0 Å². The maximum Gasteiger partial charge on any atom is 0.259 e. The van der Waals surface area contributed by atoms with E-state index in [4.69, 9.17) is 14.2 Å². The van der Waals surface area contributed by atoms with Gasteiger partial charge in [0.1, 0.15) is 29.7 Å². The van der Waals surface area contributed by atoms with E-state index in [-0.39, 0.29) is 18.3 Å². The zero-order valence-electron chi connectivity index (χ0n) is 15.6. The molecule has 0 aliphatic heterocycles. The van der Waals surface area contributed by atoms with Crippen LogP contribution in [0.1, 0.15) is 15.9 Å². The van der Waals surface area contributed by atoms with E-state index in [2.05, 4.69) is 5.32 Å². The van der Waals surface area contributed by atoms with E-state index in [1.807, 2.05) is 0 Å². The highest BCUT2D eigenvalue weighted by Crippen LogP contribution is 2.30. The Balaban J connectivity index is 1.78. The van der Waals surface area contributed by atoms with Crippen LogP contribution in [0.25, 0.3) is 0 Å². The molecule has 0 saturated carbocycles. The van der Waals surface area contributed by atoms with E-state index < -0.39 is 0 Å². The summed E-state index contributed by atoms with van der Waals surface area (Å²) in [4.78, 5) is 12.8. The summed E-state index contributed by atoms with van der Waals surface area (Å²) in [5, 5.41) is 2.82. The molecular formula is C22H20FNO4. The third kappa shape index (κ3) is 4.59. The molecule has 0 spiro atoms. The molecule has 0 aliphatic carbocycles. The van der Waals surface area contributed by atoms with Gasteiger partial charge >= 0.3 is 0 Å². The number of rotatable bonds is 7. The lowest BCUT2D eigenvalue weighted by atomic mass is 10.1. The van der Waals surface area contributed by atoms with E-state index in [0.29, 0.717) is 28.5 Å². The molecule has 1 N–H and O–H groups in total. The predicted octanol–water partition coefficient (Wildman–Crippen LogP) is 4.67. The SMILES string of the molecule is COc1ccc(OC)c(NC(=O)c2ccccc2OCc2ccc(F)cc2)c1. The maximum absolute atomic E-state index is 13.0. The van der Waals surface area contributed by atoms with Crippen molar-refractivity contribution in [2.75, 3.05) is 19.5 Å². The highest BCUT2D eigenvalue weighted by Gasteiger charge is 2.15. The zero-order chi connectivity index (χ0) is 19.9. The molecule has 3 aromatic carbocycles. The summed E-state index contributed by atoms with van der Waals surface area (Å²) in [5.41, 5.74) is 1.65. The number of ether oxygens (including phenoxy) is 3. The Morgan fingerprint density at radius 2 is 1.68 bits per heavy atom. The van der Waals surface area contributed by atoms with E-state index in [0.717, 1.165) is 5.56 Å². The minimum absolute atomic E-state index is 0.215. The van der Waals surface area contributed by atoms with Crippen molar-refractivity contribution in [3.05, 3.63) is 83.7 Å². The molecule has 0 heterocycles. The fourth-order valence-corrected chi connectivity index (χ4v) is 2.62. The normalized spacial score (nSPS) is 10.2. The first-order valence-corrected chi connectivity index (χ1v) is 8.60. The van der Waals surface area contributed by atoms with Crippen molar-refractivity contribution in [1.29, 1.82) is 0 Å². The molecular weight excluding hydrogens is 361 g/mol. The van der Waals surface area contributed by atoms with Crippen LogP contribution in [0.2, 0.25) is 0 Å². The summed E-state index contributed by atoms with van der Waals surface area (Å²) >= 11 is 0. The van der Waals surface area contributed by atoms with Gasteiger partial charge in [0, 0.05) is 6.07 Å². The highest BCUT2D eigenvalue weighted by atomic mass is 19.1. The van der Waals surface area contributed by atoms with Gasteiger partial charge in [-0.15, -0.1) is 0 Å². The molecule has 0 aromatic heterocycles. The van der Waals surface area contributed by atoms with Crippen LogP contribution in [0.4, 0.5) is 10.1 Å². The standard InChI is InChI=1S/C22H20FNO4/c1-26-17-11-12-21(27-2)19(13-17)24-22(25)18-5-3-4-6-20(18)28-14-15-7-9-16(23)10-8-15/h3-13H,14H2,1-2H3,(H,24,25). The number of anilines is 1. The first-order chi connectivity index (χ1) is 13.6. The number of nitrogens with one attached hydrogen (secondary N) is 1. The van der Waals surface area contributed by atoms with Gasteiger partial charge < -0.3 is 19.5 Å². The summed E-state index contributed by atoms with van der Waals surface area (Å²) in [6.07, 6.45) is 0. The average molecular weight is 381 g/mol. The summed E-state index contributed by atoms with van der Waals surface area (Å²) in [7, 11) is 3.07. The third-order valence-electron chi connectivity index (χ3n) is 4.09. The fourth-order valence-electron chi connectivity index (χ4n) is 2.62. The molecule has 28 heavy (non-hydrogen) atoms. The first kappa shape index (κ1) is 19.2. The molecule has 3 aromatic rings. The van der Waals surface area contributed by atoms with Crippen molar-refractivity contribution in [2.45, 2.75) is 6.61 Å². The number of amides is 1. The Hall–Kier alpha value is -3.54. The highest BCUT2D eigenvalue weighted by molar-refractivity contribution is 6.07. The Labute approximate surface area is 162 Å². The summed E-state index contributed by atoms with van der Waals surface area (Å²) in [6, 6.07) is 18.1. The maximum atomic E-state index is 13.0. The van der Waals surface area contributed by atoms with Crippen molar-refractivity contribution >= 4 is 11.6 Å². The van der Waals surface area contributed by atoms with Crippen LogP contribution in [0, 0.1) is 5.82 Å². The Kier molecular flexibility index (Phi) is 6.11. The van der Waals surface area contributed by atoms with E-state index in [1.165, 1.54) is 19.2 Å². The molecule has 5 nitrogen and oxygen atoms in total. The molecule has 0 aliphatic rings. The molecule has 6 heteroatoms. The Bertz CT molecular complexity index is 957. The van der Waals surface area contributed by atoms with E-state index >= 15 is 0 Å². The number of carbonyl (C=O) groups excluding carboxylic acids is 1. The van der Waals surface area contributed by atoms with Gasteiger partial charge in [-0.25, -0.2) is 4.39 Å². The third-order valence-corrected chi connectivity index (χ3v) is 4.09. The van der Waals surface area contributed by atoms with E-state index in [9.17, 15) is 9.18 Å². The number of hydrogen-bond donors (Lipinski definition) is 1. The van der Waals surface area contributed by atoms with Crippen LogP contribution >= 0.6 is 0 Å². The van der Waals surface area contributed by atoms with Crippen molar-refractivity contribution in [3.8, 4) is 17.2 Å². The smallest absolute Gasteiger partial charge is 0.259 e. The summed E-state index contributed by atoms with van der Waals surface area (Å²) < 4.78 is 29.3. The molecule has 144 valence electrons. The Morgan fingerprint density at radius 1 is 0.929 bits per heavy atom. The zero-order valence-corrected chi connectivity index (χ0v) is 15.6. The lowest BCUT2D eigenvalue weighted by molar-refractivity contribution is 0.102. The van der Waals surface area contributed by atoms with Crippen LogP contribution in [0.5, 0.6) is 17.2 Å². The van der Waals surface area contributed by atoms with Gasteiger partial charge in [0.05, 0.1) is 25.5 Å². The lowest BCUT2D eigenvalue weighted by Crippen LogP contribution is -2.14. The van der Waals surface area contributed by atoms with Gasteiger partial charge in [-0.1, -0.05) is 24.3 Å². The van der Waals surface area contributed by atoms with Crippen molar-refractivity contribution in [2.24, 2.45) is 0 Å². The minimum Gasteiger partial charge on any atom is -0.497 e. The lowest BCUT2D eigenvalue weighted by Gasteiger charge is -2.14. The van der Waals surface area contributed by atoms with Crippen molar-refractivity contribution in [1.82, 2.24) is 0 Å². The van der Waals surface area contributed by atoms with Crippen molar-refractivity contribution < 1.29 is 23.4 Å². The van der Waals surface area contributed by atoms with Gasteiger partial charge in [0.15, 0.2) is 0 Å². The quantitative estimate of drug-likeness (QED) is 0.646. The van der Waals surface area contributed by atoms with Crippen molar-refractivity contribution in [3.63, 3.8) is 0 Å². The van der Waals surface area contributed by atoms with Crippen LogP contribution < -0.4 is 19.5 Å². The molecule has 0 saturated heterocycles. The number of benzene rings is 3. The number of methoxy groups -OCH3 is 2. The van der Waals surface area contributed by atoms with Gasteiger partial charge in [-0.3, -0.25) is 4.79 Å². The number of carbonyl (C=O) groups is 1. The van der Waals surface area contributed by atoms with Crippen LogP contribution in [-0.4, -0.2) is 20.1 Å². The minimum atomic E-state index is -0.346. The molecule has 0 unspecified atom stereocenters. The largest absolute Gasteiger partial charge is 0.497 e. The molecule has 0 fully saturated rings. The molecule has 3 rings (SSSR count). The number of hydrogen-bond acceptors (Lipinski definition) is 4. The van der Waals surface area contributed by atoms with Gasteiger partial charge in [-0.2, -0.15) is 0 Å².